The number of amides is 3. The molecule has 2 heterocycles. The lowest BCUT2D eigenvalue weighted by Gasteiger charge is -2.40. The van der Waals surface area contributed by atoms with Crippen molar-refractivity contribution in [3.63, 3.8) is 0 Å². The zero-order valence-corrected chi connectivity index (χ0v) is 11.5. The van der Waals surface area contributed by atoms with Gasteiger partial charge in [0.1, 0.15) is 11.9 Å². The third kappa shape index (κ3) is 2.76. The third-order valence-corrected chi connectivity index (χ3v) is 3.86. The molecule has 2 aliphatic rings. The zero-order valence-electron chi connectivity index (χ0n) is 11.5. The van der Waals surface area contributed by atoms with Crippen molar-refractivity contribution in [1.29, 1.82) is 0 Å². The predicted octanol–water partition coefficient (Wildman–Crippen LogP) is 0.237. The van der Waals surface area contributed by atoms with Gasteiger partial charge in [-0.15, -0.1) is 0 Å². The molecule has 6 nitrogen and oxygen atoms in total. The average Bonchev–Trinajstić information content (AvgIpc) is 3.31. The number of anilines is 1. The Morgan fingerprint density at radius 2 is 1.76 bits per heavy atom. The maximum atomic E-state index is 13.0. The Morgan fingerprint density at radius 1 is 1.10 bits per heavy atom. The lowest BCUT2D eigenvalue weighted by atomic mass is 10.1. The van der Waals surface area contributed by atoms with Crippen LogP contribution in [0.1, 0.15) is 0 Å². The lowest BCUT2D eigenvalue weighted by Crippen LogP contribution is -2.60. The van der Waals surface area contributed by atoms with Crippen molar-refractivity contribution in [2.45, 2.75) is 6.04 Å². The highest BCUT2D eigenvalue weighted by Crippen LogP contribution is 2.21. The molecule has 0 saturated carbocycles. The second-order valence-electron chi connectivity index (χ2n) is 5.30. The molecule has 3 amide bonds. The molecule has 0 radical (unpaired) electrons. The number of nitrogens with zero attached hydrogens (tertiary/aromatic N) is 3. The Morgan fingerprint density at radius 3 is 2.33 bits per heavy atom. The normalized spacial score (nSPS) is 21.4. The van der Waals surface area contributed by atoms with Gasteiger partial charge in [0.25, 0.3) is 0 Å². The van der Waals surface area contributed by atoms with E-state index in [4.69, 9.17) is 5.73 Å². The summed E-state index contributed by atoms with van der Waals surface area (Å²) in [6.07, 6.45) is 0. The van der Waals surface area contributed by atoms with E-state index < -0.39 is 11.9 Å². The smallest absolute Gasteiger partial charge is 0.320 e. The summed E-state index contributed by atoms with van der Waals surface area (Å²) in [5.41, 5.74) is 6.26. The van der Waals surface area contributed by atoms with Crippen molar-refractivity contribution >= 4 is 17.6 Å². The lowest BCUT2D eigenvalue weighted by molar-refractivity contribution is -0.122. The third-order valence-electron chi connectivity index (χ3n) is 3.86. The number of nitrogens with two attached hydrogens (primary N) is 1. The Bertz CT molecular complexity index is 559. The number of carbonyl (C=O) groups is 2. The largest absolute Gasteiger partial charge is 0.368 e. The summed E-state index contributed by atoms with van der Waals surface area (Å²) >= 11 is 0. The van der Waals surface area contributed by atoms with E-state index >= 15 is 0 Å². The number of piperazine rings is 1. The first-order valence-electron chi connectivity index (χ1n) is 6.91. The van der Waals surface area contributed by atoms with Gasteiger partial charge in [0, 0.05) is 38.4 Å². The summed E-state index contributed by atoms with van der Waals surface area (Å²) in [6.45, 7) is 2.83. The van der Waals surface area contributed by atoms with Gasteiger partial charge in [-0.1, -0.05) is 0 Å². The van der Waals surface area contributed by atoms with Crippen LogP contribution in [-0.2, 0) is 4.79 Å². The van der Waals surface area contributed by atoms with Gasteiger partial charge in [-0.05, 0) is 24.3 Å². The van der Waals surface area contributed by atoms with Crippen LogP contribution in [0.2, 0.25) is 0 Å². The number of benzene rings is 1. The van der Waals surface area contributed by atoms with Gasteiger partial charge < -0.3 is 20.4 Å². The first kappa shape index (κ1) is 13.7. The number of urea groups is 1. The maximum Gasteiger partial charge on any atom is 0.320 e. The fourth-order valence-electron chi connectivity index (χ4n) is 2.56. The molecule has 2 aliphatic heterocycles. The second kappa shape index (κ2) is 5.23. The van der Waals surface area contributed by atoms with E-state index in [0.717, 1.165) is 18.8 Å². The number of halogens is 1. The van der Waals surface area contributed by atoms with Crippen LogP contribution in [0.15, 0.2) is 24.3 Å². The van der Waals surface area contributed by atoms with E-state index in [-0.39, 0.29) is 11.8 Å². The minimum atomic E-state index is -0.656. The molecule has 1 aromatic carbocycles. The minimum absolute atomic E-state index is 0.127. The fraction of sp³-hybridized carbons (Fsp3) is 0.429. The van der Waals surface area contributed by atoms with Crippen LogP contribution >= 0.6 is 0 Å². The molecule has 1 unspecified atom stereocenters. The van der Waals surface area contributed by atoms with Gasteiger partial charge in [0.15, 0.2) is 0 Å². The molecule has 3 rings (SSSR count). The van der Waals surface area contributed by atoms with Gasteiger partial charge in [0.2, 0.25) is 5.91 Å². The summed E-state index contributed by atoms with van der Waals surface area (Å²) < 4.78 is 13.0. The zero-order chi connectivity index (χ0) is 15.0. The molecule has 2 fully saturated rings. The first-order valence-corrected chi connectivity index (χ1v) is 6.91. The molecule has 2 N–H and O–H groups in total. The highest BCUT2D eigenvalue weighted by molar-refractivity contribution is 5.87. The fourth-order valence-corrected chi connectivity index (χ4v) is 2.56. The van der Waals surface area contributed by atoms with Crippen molar-refractivity contribution in [2.24, 2.45) is 5.73 Å². The topological polar surface area (TPSA) is 69.7 Å². The molecule has 0 aliphatic carbocycles. The molecule has 112 valence electrons. The highest BCUT2D eigenvalue weighted by atomic mass is 19.1. The van der Waals surface area contributed by atoms with Gasteiger partial charge in [-0.2, -0.15) is 0 Å². The number of rotatable bonds is 2. The van der Waals surface area contributed by atoms with Gasteiger partial charge in [-0.25, -0.2) is 9.18 Å². The molecule has 7 heteroatoms. The summed E-state index contributed by atoms with van der Waals surface area (Å²) in [5, 5.41) is 0. The minimum Gasteiger partial charge on any atom is -0.368 e. The second-order valence-corrected chi connectivity index (χ2v) is 5.30. The molecule has 1 atom stereocenters. The Labute approximate surface area is 121 Å². The molecule has 0 bridgehead atoms. The van der Waals surface area contributed by atoms with E-state index in [9.17, 15) is 14.0 Å². The monoisotopic (exact) mass is 292 g/mol. The summed E-state index contributed by atoms with van der Waals surface area (Å²) in [6, 6.07) is 5.30. The van der Waals surface area contributed by atoms with E-state index in [1.165, 1.54) is 17.0 Å². The van der Waals surface area contributed by atoms with Crippen molar-refractivity contribution in [3.05, 3.63) is 30.1 Å². The molecule has 0 aromatic heterocycles. The predicted molar refractivity (Wildman–Crippen MR) is 75.3 cm³/mol. The SMILES string of the molecule is NC(=O)C1CN(c2ccc(F)cc2)CCN1C(=O)N1CC1. The molecule has 2 saturated heterocycles. The van der Waals surface area contributed by atoms with Crippen LogP contribution < -0.4 is 10.6 Å². The maximum absolute atomic E-state index is 13.0. The van der Waals surface area contributed by atoms with Crippen LogP contribution in [-0.4, -0.2) is 60.5 Å². The average molecular weight is 292 g/mol. The van der Waals surface area contributed by atoms with Crippen LogP contribution in [0, 0.1) is 5.82 Å². The first-order chi connectivity index (χ1) is 10.1. The number of hydrogen-bond donors (Lipinski definition) is 1. The number of hydrogen-bond acceptors (Lipinski definition) is 3. The highest BCUT2D eigenvalue weighted by Gasteiger charge is 2.38. The van der Waals surface area contributed by atoms with Gasteiger partial charge >= 0.3 is 6.03 Å². The number of primary amides is 1. The van der Waals surface area contributed by atoms with Crippen LogP contribution in [0.4, 0.5) is 14.9 Å². The summed E-state index contributed by atoms with van der Waals surface area (Å²) in [4.78, 5) is 29.0. The molecular weight excluding hydrogens is 275 g/mol. The Hall–Kier alpha value is -2.31. The Balaban J connectivity index is 1.75. The van der Waals surface area contributed by atoms with Gasteiger partial charge in [-0.3, -0.25) is 4.79 Å². The van der Waals surface area contributed by atoms with E-state index in [1.807, 2.05) is 4.90 Å². The van der Waals surface area contributed by atoms with E-state index in [1.54, 1.807) is 17.0 Å². The molecular formula is C14H17FN4O2. The number of carbonyl (C=O) groups excluding carboxylic acids is 2. The van der Waals surface area contributed by atoms with Crippen molar-refractivity contribution in [1.82, 2.24) is 9.80 Å². The standard InChI is InChI=1S/C14H17FN4O2/c15-10-1-3-11(4-2-10)18-7-8-19(12(9-18)13(16)20)14(21)17-5-6-17/h1-4,12H,5-9H2,(H2,16,20). The van der Waals surface area contributed by atoms with Crippen LogP contribution in [0.3, 0.4) is 0 Å². The van der Waals surface area contributed by atoms with E-state index in [0.29, 0.717) is 19.6 Å². The summed E-state index contributed by atoms with van der Waals surface area (Å²) in [5.74, 6) is -0.822. The Kier molecular flexibility index (Phi) is 3.40. The van der Waals surface area contributed by atoms with Crippen LogP contribution in [0.5, 0.6) is 0 Å². The molecule has 1 aromatic rings. The van der Waals surface area contributed by atoms with Crippen molar-refractivity contribution in [3.8, 4) is 0 Å². The molecule has 21 heavy (non-hydrogen) atoms. The van der Waals surface area contributed by atoms with E-state index in [2.05, 4.69) is 0 Å². The van der Waals surface area contributed by atoms with Crippen LogP contribution in [0.25, 0.3) is 0 Å². The van der Waals surface area contributed by atoms with Crippen molar-refractivity contribution < 1.29 is 14.0 Å². The molecule has 0 spiro atoms. The summed E-state index contributed by atoms with van der Waals surface area (Å²) in [7, 11) is 0. The van der Waals surface area contributed by atoms with Crippen molar-refractivity contribution in [2.75, 3.05) is 37.6 Å². The quantitative estimate of drug-likeness (QED) is 0.794. The van der Waals surface area contributed by atoms with Gasteiger partial charge in [0.05, 0.1) is 0 Å².